The van der Waals surface area contributed by atoms with E-state index in [4.69, 9.17) is 24.5 Å². The van der Waals surface area contributed by atoms with Crippen molar-refractivity contribution in [3.05, 3.63) is 65.7 Å². The summed E-state index contributed by atoms with van der Waals surface area (Å²) in [7, 11) is 1.70. The fourth-order valence-corrected chi connectivity index (χ4v) is 2.81. The molecule has 0 amide bonds. The minimum Gasteiger partial charge on any atom is -0.539 e. The molecule has 1 unspecified atom stereocenters. The van der Waals surface area contributed by atoms with E-state index in [9.17, 15) is 0 Å². The van der Waals surface area contributed by atoms with E-state index in [2.05, 4.69) is 68.2 Å². The lowest BCUT2D eigenvalue weighted by Crippen LogP contribution is -3.11. The Morgan fingerprint density at radius 3 is 2.00 bits per heavy atom. The smallest absolute Gasteiger partial charge is 0.351 e. The molecule has 0 saturated heterocycles. The third kappa shape index (κ3) is 8.80. The third-order valence-corrected chi connectivity index (χ3v) is 4.66. The van der Waals surface area contributed by atoms with E-state index >= 15 is 0 Å². The quantitative estimate of drug-likeness (QED) is 0.523. The van der Waals surface area contributed by atoms with Crippen LogP contribution >= 0.6 is 0 Å². The van der Waals surface area contributed by atoms with Crippen LogP contribution in [0.2, 0.25) is 0 Å². The highest BCUT2D eigenvalue weighted by Gasteiger charge is 2.13. The standard InChI is InChI=1S/C22H27NO.C2H2O4/c1-4-23(5-2)18-10-9-13-22(19-11-7-6-8-12-19)20-14-16-21(24-3)17-15-20;3-1(4)2(5)6/h6-8,11-12,14-17,22H,4-5,13,18H2,1-3H3;(H,3,4)(H,5,6). The molecule has 0 saturated carbocycles. The number of hydrogen-bond acceptors (Lipinski definition) is 4. The van der Waals surface area contributed by atoms with Gasteiger partial charge in [0, 0.05) is 12.3 Å². The number of rotatable bonds is 7. The van der Waals surface area contributed by atoms with Crippen molar-refractivity contribution in [2.24, 2.45) is 0 Å². The van der Waals surface area contributed by atoms with Crippen LogP contribution in [0.3, 0.4) is 0 Å². The van der Waals surface area contributed by atoms with Crippen LogP contribution < -0.4 is 14.7 Å². The molecule has 2 aromatic rings. The first kappa shape index (κ1) is 24.7. The van der Waals surface area contributed by atoms with Crippen molar-refractivity contribution in [2.45, 2.75) is 26.2 Å². The lowest BCUT2D eigenvalue weighted by Gasteiger charge is -2.16. The second-order valence-corrected chi connectivity index (χ2v) is 6.52. The number of nitrogens with one attached hydrogen (secondary N) is 1. The number of methoxy groups -OCH3 is 1. The summed E-state index contributed by atoms with van der Waals surface area (Å²) in [6, 6.07) is 19.0. The summed E-state index contributed by atoms with van der Waals surface area (Å²) in [6.07, 6.45) is 0.844. The van der Waals surface area contributed by atoms with Crippen molar-refractivity contribution >= 4 is 11.9 Å². The van der Waals surface area contributed by atoms with Crippen LogP contribution in [0, 0.1) is 11.8 Å². The molecule has 2 rings (SSSR count). The Morgan fingerprint density at radius 2 is 1.53 bits per heavy atom. The number of quaternary nitrogens is 1. The molecule has 0 aliphatic rings. The van der Waals surface area contributed by atoms with Crippen molar-refractivity contribution in [3.8, 4) is 17.6 Å². The van der Waals surface area contributed by atoms with Gasteiger partial charge >= 0.3 is 5.97 Å². The second kappa shape index (κ2) is 13.8. The molecular formula is C24H29NO5. The lowest BCUT2D eigenvalue weighted by molar-refractivity contribution is -0.889. The number of hydrogen-bond donors (Lipinski definition) is 2. The Kier molecular flexibility index (Phi) is 11.4. The molecule has 0 aromatic heterocycles. The largest absolute Gasteiger partial charge is 0.539 e. The maximum atomic E-state index is 9.04. The Balaban J connectivity index is 0.000000656. The van der Waals surface area contributed by atoms with Crippen molar-refractivity contribution in [1.82, 2.24) is 0 Å². The van der Waals surface area contributed by atoms with Gasteiger partial charge in [-0.3, -0.25) is 0 Å². The van der Waals surface area contributed by atoms with Gasteiger partial charge in [-0.1, -0.05) is 48.4 Å². The van der Waals surface area contributed by atoms with Crippen LogP contribution in [0.15, 0.2) is 54.6 Å². The molecule has 160 valence electrons. The van der Waals surface area contributed by atoms with Gasteiger partial charge in [0.2, 0.25) is 0 Å². The number of carboxylic acid groups (broad SMARTS) is 2. The normalized spacial score (nSPS) is 10.8. The van der Waals surface area contributed by atoms with Crippen LogP contribution in [0.4, 0.5) is 0 Å². The zero-order chi connectivity index (χ0) is 22.4. The van der Waals surface area contributed by atoms with Crippen molar-refractivity contribution < 1.29 is 29.4 Å². The predicted molar refractivity (Wildman–Crippen MR) is 113 cm³/mol. The number of ether oxygens (including phenoxy) is 1. The average Bonchev–Trinajstić information content (AvgIpc) is 2.77. The van der Waals surface area contributed by atoms with E-state index in [0.717, 1.165) is 31.8 Å². The van der Waals surface area contributed by atoms with Gasteiger partial charge in [-0.2, -0.15) is 0 Å². The zero-order valence-electron chi connectivity index (χ0n) is 17.7. The second-order valence-electron chi connectivity index (χ2n) is 6.52. The maximum Gasteiger partial charge on any atom is 0.351 e. The highest BCUT2D eigenvalue weighted by atomic mass is 16.5. The number of carboxylic acids is 2. The minimum absolute atomic E-state index is 0.302. The van der Waals surface area contributed by atoms with Gasteiger partial charge in [0.1, 0.15) is 12.3 Å². The zero-order valence-corrected chi connectivity index (χ0v) is 17.7. The van der Waals surface area contributed by atoms with E-state index in [1.807, 2.05) is 12.1 Å². The van der Waals surface area contributed by atoms with Crippen molar-refractivity contribution in [1.29, 1.82) is 0 Å². The molecule has 0 fully saturated rings. The number of aliphatic carboxylic acids is 2. The number of carbonyl (C=O) groups is 2. The molecule has 2 N–H and O–H groups in total. The topological polar surface area (TPSA) is 91.1 Å². The molecule has 1 atom stereocenters. The fraction of sp³-hybridized carbons (Fsp3) is 0.333. The monoisotopic (exact) mass is 411 g/mol. The van der Waals surface area contributed by atoms with Gasteiger partial charge < -0.3 is 24.6 Å². The number of carbonyl (C=O) groups excluding carboxylic acids is 1. The van der Waals surface area contributed by atoms with Gasteiger partial charge in [-0.05, 0) is 43.0 Å². The Bertz CT molecular complexity index is 821. The Morgan fingerprint density at radius 1 is 1.00 bits per heavy atom. The molecule has 0 radical (unpaired) electrons. The molecule has 0 heterocycles. The van der Waals surface area contributed by atoms with Crippen LogP contribution in [0.25, 0.3) is 0 Å². The van der Waals surface area contributed by atoms with E-state index in [0.29, 0.717) is 5.92 Å². The number of benzene rings is 2. The highest BCUT2D eigenvalue weighted by Crippen LogP contribution is 2.28. The van der Waals surface area contributed by atoms with Gasteiger partial charge in [-0.15, -0.1) is 0 Å². The summed E-state index contributed by atoms with van der Waals surface area (Å²) >= 11 is 0. The van der Waals surface area contributed by atoms with Gasteiger partial charge in [-0.25, -0.2) is 4.79 Å². The fourth-order valence-electron chi connectivity index (χ4n) is 2.81. The SMILES string of the molecule is CC[NH+](CC)CC#CCC(c1ccccc1)c1ccc(OC)cc1.O=C([O-])C(=O)O. The van der Waals surface area contributed by atoms with Crippen molar-refractivity contribution in [2.75, 3.05) is 26.7 Å². The summed E-state index contributed by atoms with van der Waals surface area (Å²) in [4.78, 5) is 19.6. The van der Waals surface area contributed by atoms with Crippen LogP contribution in [0.1, 0.15) is 37.3 Å². The summed E-state index contributed by atoms with van der Waals surface area (Å²) < 4.78 is 5.27. The predicted octanol–water partition coefficient (Wildman–Crippen LogP) is 0.966. The van der Waals surface area contributed by atoms with Crippen LogP contribution in [-0.4, -0.2) is 43.8 Å². The summed E-state index contributed by atoms with van der Waals surface area (Å²) in [5, 5.41) is 16.3. The van der Waals surface area contributed by atoms with Crippen molar-refractivity contribution in [3.63, 3.8) is 0 Å². The van der Waals surface area contributed by atoms with Gasteiger partial charge in [0.05, 0.1) is 20.2 Å². The van der Waals surface area contributed by atoms with E-state index < -0.39 is 11.9 Å². The summed E-state index contributed by atoms with van der Waals surface area (Å²) in [5.41, 5.74) is 2.60. The molecule has 0 bridgehead atoms. The molecular weight excluding hydrogens is 382 g/mol. The third-order valence-electron chi connectivity index (χ3n) is 4.66. The van der Waals surface area contributed by atoms with E-state index in [-0.39, 0.29) is 0 Å². The highest BCUT2D eigenvalue weighted by molar-refractivity contribution is 6.26. The molecule has 2 aromatic carbocycles. The summed E-state index contributed by atoms with van der Waals surface area (Å²) in [6.45, 7) is 7.62. The molecule has 6 heteroatoms. The van der Waals surface area contributed by atoms with Gasteiger partial charge in [0.15, 0.2) is 5.97 Å². The Labute approximate surface area is 178 Å². The maximum absolute atomic E-state index is 9.04. The lowest BCUT2D eigenvalue weighted by atomic mass is 9.89. The minimum atomic E-state index is -2.07. The first-order valence-electron chi connectivity index (χ1n) is 9.85. The van der Waals surface area contributed by atoms with Crippen LogP contribution in [0.5, 0.6) is 5.75 Å². The molecule has 0 aliphatic heterocycles. The Hall–Kier alpha value is -3.30. The molecule has 30 heavy (non-hydrogen) atoms. The first-order chi connectivity index (χ1) is 14.4. The summed E-state index contributed by atoms with van der Waals surface area (Å²) in [5.74, 6) is 3.96. The molecule has 0 aliphatic carbocycles. The average molecular weight is 411 g/mol. The van der Waals surface area contributed by atoms with E-state index in [1.54, 1.807) is 7.11 Å². The van der Waals surface area contributed by atoms with E-state index in [1.165, 1.54) is 16.0 Å². The molecule has 0 spiro atoms. The van der Waals surface area contributed by atoms with Crippen LogP contribution in [-0.2, 0) is 9.59 Å². The first-order valence-corrected chi connectivity index (χ1v) is 9.85. The molecule has 6 nitrogen and oxygen atoms in total. The van der Waals surface area contributed by atoms with Gasteiger partial charge in [0.25, 0.3) is 0 Å².